The van der Waals surface area contributed by atoms with Gasteiger partial charge in [0.05, 0.1) is 0 Å². The molecule has 0 saturated carbocycles. The minimum absolute atomic E-state index is 0.228. The standard InChI is InChI=1S/C11H23N3S/c1-2-3-4-5-6-7-8-9-10-13-14-11(12)15/h10H,2-9H2,1H3,(H3,12,14,15)/b13-10-. The number of rotatable bonds is 9. The molecule has 0 aliphatic heterocycles. The van der Waals surface area contributed by atoms with Crippen molar-refractivity contribution in [1.29, 1.82) is 0 Å². The van der Waals surface area contributed by atoms with E-state index in [1.807, 2.05) is 6.21 Å². The third-order valence-corrected chi connectivity index (χ3v) is 2.29. The molecule has 4 heteroatoms. The van der Waals surface area contributed by atoms with Crippen LogP contribution in [0, 0.1) is 0 Å². The molecule has 0 heterocycles. The molecule has 0 aromatic heterocycles. The first-order valence-electron chi connectivity index (χ1n) is 5.84. The average molecular weight is 229 g/mol. The second-order valence-corrected chi connectivity index (χ2v) is 4.14. The first kappa shape index (κ1) is 14.4. The Labute approximate surface area is 98.5 Å². The van der Waals surface area contributed by atoms with Crippen LogP contribution in [-0.2, 0) is 0 Å². The van der Waals surface area contributed by atoms with E-state index in [1.165, 1.54) is 44.9 Å². The van der Waals surface area contributed by atoms with Crippen molar-refractivity contribution < 1.29 is 0 Å². The van der Waals surface area contributed by atoms with Crippen molar-refractivity contribution >= 4 is 23.5 Å². The third kappa shape index (κ3) is 13.4. The zero-order valence-corrected chi connectivity index (χ0v) is 10.5. The smallest absolute Gasteiger partial charge is 0.184 e. The van der Waals surface area contributed by atoms with Gasteiger partial charge >= 0.3 is 0 Å². The highest BCUT2D eigenvalue weighted by atomic mass is 32.1. The summed E-state index contributed by atoms with van der Waals surface area (Å²) in [5.74, 6) is 0. The molecule has 0 bridgehead atoms. The second-order valence-electron chi connectivity index (χ2n) is 3.70. The molecule has 0 spiro atoms. The summed E-state index contributed by atoms with van der Waals surface area (Å²) in [4.78, 5) is 0. The van der Waals surface area contributed by atoms with Gasteiger partial charge < -0.3 is 5.73 Å². The zero-order valence-electron chi connectivity index (χ0n) is 9.67. The van der Waals surface area contributed by atoms with Crippen molar-refractivity contribution in [2.45, 2.75) is 58.3 Å². The predicted octanol–water partition coefficient (Wildman–Crippen LogP) is 2.95. The highest BCUT2D eigenvalue weighted by molar-refractivity contribution is 7.80. The minimum atomic E-state index is 0.228. The summed E-state index contributed by atoms with van der Waals surface area (Å²) in [6, 6.07) is 0. The van der Waals surface area contributed by atoms with Gasteiger partial charge in [-0.3, -0.25) is 5.43 Å². The maximum atomic E-state index is 5.21. The largest absolute Gasteiger partial charge is 0.375 e. The van der Waals surface area contributed by atoms with Gasteiger partial charge in [-0.05, 0) is 25.1 Å². The third-order valence-electron chi connectivity index (χ3n) is 2.20. The van der Waals surface area contributed by atoms with Gasteiger partial charge in [-0.25, -0.2) is 0 Å². The normalized spacial score (nSPS) is 10.7. The number of nitrogens with one attached hydrogen (secondary N) is 1. The molecule has 3 nitrogen and oxygen atoms in total. The number of nitrogens with two attached hydrogens (primary N) is 1. The van der Waals surface area contributed by atoms with Gasteiger partial charge in [0, 0.05) is 6.21 Å². The predicted molar refractivity (Wildman–Crippen MR) is 71.0 cm³/mol. The van der Waals surface area contributed by atoms with E-state index in [2.05, 4.69) is 29.7 Å². The summed E-state index contributed by atoms with van der Waals surface area (Å²) in [7, 11) is 0. The van der Waals surface area contributed by atoms with Gasteiger partial charge in [0.1, 0.15) is 0 Å². The molecule has 0 radical (unpaired) electrons. The lowest BCUT2D eigenvalue weighted by atomic mass is 10.1. The highest BCUT2D eigenvalue weighted by Gasteiger charge is 1.89. The molecule has 0 aromatic carbocycles. The molecule has 0 aromatic rings. The first-order valence-corrected chi connectivity index (χ1v) is 6.25. The molecule has 0 rings (SSSR count). The fourth-order valence-electron chi connectivity index (χ4n) is 1.37. The van der Waals surface area contributed by atoms with Gasteiger partial charge in [0.25, 0.3) is 0 Å². The maximum Gasteiger partial charge on any atom is 0.184 e. The Morgan fingerprint density at radius 3 is 2.40 bits per heavy atom. The number of thiocarbonyl (C=S) groups is 1. The first-order chi connectivity index (χ1) is 7.27. The van der Waals surface area contributed by atoms with Crippen LogP contribution in [-0.4, -0.2) is 11.3 Å². The van der Waals surface area contributed by atoms with E-state index in [4.69, 9.17) is 5.73 Å². The molecular formula is C11H23N3S. The topological polar surface area (TPSA) is 50.4 Å². The lowest BCUT2D eigenvalue weighted by Gasteiger charge is -1.98. The van der Waals surface area contributed by atoms with E-state index in [0.717, 1.165) is 6.42 Å². The van der Waals surface area contributed by atoms with E-state index in [1.54, 1.807) is 0 Å². The monoisotopic (exact) mass is 229 g/mol. The van der Waals surface area contributed by atoms with E-state index in [0.29, 0.717) is 0 Å². The van der Waals surface area contributed by atoms with Crippen molar-refractivity contribution in [2.75, 3.05) is 0 Å². The van der Waals surface area contributed by atoms with Crippen molar-refractivity contribution in [3.8, 4) is 0 Å². The fourth-order valence-corrected chi connectivity index (χ4v) is 1.42. The van der Waals surface area contributed by atoms with Gasteiger partial charge in [0.2, 0.25) is 0 Å². The van der Waals surface area contributed by atoms with E-state index in [9.17, 15) is 0 Å². The lowest BCUT2D eigenvalue weighted by molar-refractivity contribution is 0.596. The van der Waals surface area contributed by atoms with Crippen LogP contribution in [0.4, 0.5) is 0 Å². The zero-order chi connectivity index (χ0) is 11.4. The van der Waals surface area contributed by atoms with Gasteiger partial charge in [-0.15, -0.1) is 0 Å². The molecule has 0 aliphatic carbocycles. The molecule has 0 aliphatic rings. The quantitative estimate of drug-likeness (QED) is 0.277. The fraction of sp³-hybridized carbons (Fsp3) is 0.818. The van der Waals surface area contributed by atoms with Crippen molar-refractivity contribution in [1.82, 2.24) is 5.43 Å². The van der Waals surface area contributed by atoms with Crippen molar-refractivity contribution in [3.05, 3.63) is 0 Å². The molecule has 15 heavy (non-hydrogen) atoms. The summed E-state index contributed by atoms with van der Waals surface area (Å²) >= 11 is 4.61. The molecule has 0 fully saturated rings. The van der Waals surface area contributed by atoms with Gasteiger partial charge in [-0.2, -0.15) is 5.10 Å². The minimum Gasteiger partial charge on any atom is -0.375 e. The molecule has 88 valence electrons. The number of hydrogen-bond acceptors (Lipinski definition) is 2. The Balaban J connectivity index is 3.04. The summed E-state index contributed by atoms with van der Waals surface area (Å²) in [6.45, 7) is 2.24. The number of hydrogen-bond donors (Lipinski definition) is 2. The van der Waals surface area contributed by atoms with Crippen LogP contribution in [0.25, 0.3) is 0 Å². The molecule has 0 unspecified atom stereocenters. The maximum absolute atomic E-state index is 5.21. The Bertz CT molecular complexity index is 181. The van der Waals surface area contributed by atoms with Crippen LogP contribution in [0.1, 0.15) is 58.3 Å². The lowest BCUT2D eigenvalue weighted by Crippen LogP contribution is -2.23. The number of unbranched alkanes of at least 4 members (excludes halogenated alkanes) is 7. The van der Waals surface area contributed by atoms with Crippen LogP contribution in [0.5, 0.6) is 0 Å². The second kappa shape index (κ2) is 11.4. The molecule has 0 atom stereocenters. The SMILES string of the molecule is CCCCCCCCC/C=N\NC(N)=S. The van der Waals surface area contributed by atoms with Gasteiger partial charge in [0.15, 0.2) is 5.11 Å². The summed E-state index contributed by atoms with van der Waals surface area (Å²) < 4.78 is 0. The molecule has 0 amide bonds. The van der Waals surface area contributed by atoms with Crippen LogP contribution in [0.15, 0.2) is 5.10 Å². The summed E-state index contributed by atoms with van der Waals surface area (Å²) in [5.41, 5.74) is 7.75. The summed E-state index contributed by atoms with van der Waals surface area (Å²) in [6.07, 6.45) is 12.1. The van der Waals surface area contributed by atoms with Crippen molar-refractivity contribution in [3.63, 3.8) is 0 Å². The van der Waals surface area contributed by atoms with Crippen LogP contribution in [0.3, 0.4) is 0 Å². The number of nitrogens with zero attached hydrogens (tertiary/aromatic N) is 1. The molecule has 0 saturated heterocycles. The Hall–Kier alpha value is -0.640. The van der Waals surface area contributed by atoms with Crippen LogP contribution < -0.4 is 11.2 Å². The van der Waals surface area contributed by atoms with E-state index >= 15 is 0 Å². The van der Waals surface area contributed by atoms with Crippen LogP contribution in [0.2, 0.25) is 0 Å². The molecular weight excluding hydrogens is 206 g/mol. The Morgan fingerprint density at radius 1 is 1.20 bits per heavy atom. The average Bonchev–Trinajstić information content (AvgIpc) is 2.20. The Kier molecular flexibility index (Phi) is 10.9. The van der Waals surface area contributed by atoms with Gasteiger partial charge in [-0.1, -0.05) is 45.4 Å². The Morgan fingerprint density at radius 2 is 1.80 bits per heavy atom. The van der Waals surface area contributed by atoms with Crippen molar-refractivity contribution in [2.24, 2.45) is 10.8 Å². The molecule has 3 N–H and O–H groups in total. The summed E-state index contributed by atoms with van der Waals surface area (Å²) in [5, 5.41) is 4.10. The highest BCUT2D eigenvalue weighted by Crippen LogP contribution is 2.07. The van der Waals surface area contributed by atoms with E-state index < -0.39 is 0 Å². The van der Waals surface area contributed by atoms with E-state index in [-0.39, 0.29) is 5.11 Å². The van der Waals surface area contributed by atoms with Crippen LogP contribution >= 0.6 is 12.2 Å². The number of hydrazone groups is 1.